The van der Waals surface area contributed by atoms with Crippen LogP contribution >= 0.6 is 0 Å². The zero-order valence-electron chi connectivity index (χ0n) is 22.1. The molecule has 1 heterocycles. The Bertz CT molecular complexity index is 1400. The second-order valence-corrected chi connectivity index (χ2v) is 12.1. The van der Waals surface area contributed by atoms with E-state index in [0.29, 0.717) is 18.5 Å². The second-order valence-electron chi connectivity index (χ2n) is 10.0. The molecule has 0 aliphatic carbocycles. The van der Waals surface area contributed by atoms with Crippen molar-refractivity contribution in [2.45, 2.75) is 37.5 Å². The highest BCUT2D eigenvalue weighted by atomic mass is 32.2. The quantitative estimate of drug-likeness (QED) is 0.396. The SMILES string of the molecule is C[C@@H](c1ccc(-c2ccc(F)cc2)cc1)N1CC[C@](CC(O)CN(C)S(C)(=O)=O)(c2ccc(F)cc2)OC1=O. The molecule has 1 unspecified atom stereocenters. The van der Waals surface area contributed by atoms with Gasteiger partial charge < -0.3 is 14.7 Å². The number of aliphatic hydroxyl groups excluding tert-OH is 1. The van der Waals surface area contributed by atoms with Gasteiger partial charge in [-0.2, -0.15) is 0 Å². The van der Waals surface area contributed by atoms with Gasteiger partial charge in [-0.15, -0.1) is 0 Å². The van der Waals surface area contributed by atoms with Crippen molar-refractivity contribution in [1.82, 2.24) is 9.21 Å². The third kappa shape index (κ3) is 6.63. The predicted octanol–water partition coefficient (Wildman–Crippen LogP) is 5.07. The monoisotopic (exact) mass is 558 g/mol. The van der Waals surface area contributed by atoms with Crippen LogP contribution < -0.4 is 0 Å². The second kappa shape index (κ2) is 11.4. The number of benzene rings is 3. The highest BCUT2D eigenvalue weighted by molar-refractivity contribution is 7.88. The zero-order chi connectivity index (χ0) is 28.4. The van der Waals surface area contributed by atoms with Crippen LogP contribution in [0.2, 0.25) is 0 Å². The van der Waals surface area contributed by atoms with E-state index in [1.165, 1.54) is 43.4 Å². The molecule has 0 saturated carbocycles. The van der Waals surface area contributed by atoms with Crippen molar-refractivity contribution in [3.63, 3.8) is 0 Å². The summed E-state index contributed by atoms with van der Waals surface area (Å²) in [6, 6.07) is 19.1. The number of carbonyl (C=O) groups is 1. The molecule has 3 aromatic rings. The van der Waals surface area contributed by atoms with E-state index >= 15 is 0 Å². The van der Waals surface area contributed by atoms with Gasteiger partial charge in [0.2, 0.25) is 10.0 Å². The van der Waals surface area contributed by atoms with Crippen LogP contribution in [0.1, 0.15) is 36.9 Å². The first-order valence-electron chi connectivity index (χ1n) is 12.6. The largest absolute Gasteiger partial charge is 0.438 e. The molecule has 208 valence electrons. The molecule has 1 amide bonds. The minimum absolute atomic E-state index is 0.0567. The molecule has 1 saturated heterocycles. The number of ether oxygens (including phenoxy) is 1. The number of rotatable bonds is 9. The summed E-state index contributed by atoms with van der Waals surface area (Å²) in [6.07, 6.45) is -0.433. The molecule has 0 radical (unpaired) electrons. The number of likely N-dealkylation sites (N-methyl/N-ethyl adjacent to an activating group) is 1. The van der Waals surface area contributed by atoms with E-state index in [4.69, 9.17) is 4.74 Å². The molecule has 0 spiro atoms. The summed E-state index contributed by atoms with van der Waals surface area (Å²) in [4.78, 5) is 14.9. The number of nitrogens with zero attached hydrogens (tertiary/aromatic N) is 2. The van der Waals surface area contributed by atoms with Crippen LogP contribution in [0, 0.1) is 11.6 Å². The van der Waals surface area contributed by atoms with E-state index in [0.717, 1.165) is 27.3 Å². The Morgan fingerprint density at radius 2 is 1.49 bits per heavy atom. The smallest absolute Gasteiger partial charge is 0.411 e. The highest BCUT2D eigenvalue weighted by Gasteiger charge is 2.45. The molecule has 4 rings (SSSR count). The maximum absolute atomic E-state index is 13.7. The molecule has 1 aliphatic heterocycles. The zero-order valence-corrected chi connectivity index (χ0v) is 22.9. The van der Waals surface area contributed by atoms with E-state index in [9.17, 15) is 27.1 Å². The standard InChI is InChI=1S/C29H32F2N2O5S/c1-20(21-4-6-22(7-5-21)23-8-12-25(30)13-9-23)33-17-16-29(38-28(33)35,24-10-14-26(31)15-11-24)18-27(34)19-32(2)39(3,36)37/h4-15,20,27,34H,16-19H2,1-3H3/t20-,27?,29-/m0/s1. The summed E-state index contributed by atoms with van der Waals surface area (Å²) >= 11 is 0. The lowest BCUT2D eigenvalue weighted by Gasteiger charge is -2.44. The van der Waals surface area contributed by atoms with Crippen molar-refractivity contribution in [3.05, 3.63) is 95.6 Å². The van der Waals surface area contributed by atoms with E-state index in [1.54, 1.807) is 17.0 Å². The summed E-state index contributed by atoms with van der Waals surface area (Å²) in [5, 5.41) is 10.8. The van der Waals surface area contributed by atoms with Crippen molar-refractivity contribution in [2.75, 3.05) is 26.4 Å². The van der Waals surface area contributed by atoms with E-state index < -0.39 is 33.6 Å². The normalized spacial score (nSPS) is 19.6. The fourth-order valence-corrected chi connectivity index (χ4v) is 5.34. The Morgan fingerprint density at radius 3 is 2.00 bits per heavy atom. The fourth-order valence-electron chi connectivity index (χ4n) is 4.89. The van der Waals surface area contributed by atoms with Gasteiger partial charge in [0.05, 0.1) is 18.4 Å². The van der Waals surface area contributed by atoms with Gasteiger partial charge >= 0.3 is 6.09 Å². The topological polar surface area (TPSA) is 87.2 Å². The fraction of sp³-hybridized carbons (Fsp3) is 0.345. The van der Waals surface area contributed by atoms with E-state index in [-0.39, 0.29) is 24.8 Å². The molecular weight excluding hydrogens is 526 g/mol. The van der Waals surface area contributed by atoms with Gasteiger partial charge in [0.15, 0.2) is 0 Å². The number of hydrogen-bond donors (Lipinski definition) is 1. The summed E-state index contributed by atoms with van der Waals surface area (Å²) < 4.78 is 57.6. The minimum atomic E-state index is -3.52. The van der Waals surface area contributed by atoms with Crippen molar-refractivity contribution in [2.24, 2.45) is 0 Å². The van der Waals surface area contributed by atoms with Crippen LogP contribution in [-0.4, -0.2) is 61.3 Å². The highest BCUT2D eigenvalue weighted by Crippen LogP contribution is 2.41. The van der Waals surface area contributed by atoms with Crippen molar-refractivity contribution in [3.8, 4) is 11.1 Å². The van der Waals surface area contributed by atoms with Gasteiger partial charge in [-0.05, 0) is 53.4 Å². The number of carbonyl (C=O) groups excluding carboxylic acids is 1. The minimum Gasteiger partial charge on any atom is -0.438 e. The molecule has 1 aliphatic rings. The lowest BCUT2D eigenvalue weighted by Crippen LogP contribution is -2.50. The molecular formula is C29H32F2N2O5S. The summed E-state index contributed by atoms with van der Waals surface area (Å²) in [6.45, 7) is 2.00. The van der Waals surface area contributed by atoms with Crippen LogP contribution in [-0.2, 0) is 20.4 Å². The first-order valence-corrected chi connectivity index (χ1v) is 14.4. The maximum atomic E-state index is 13.7. The molecule has 0 bridgehead atoms. The maximum Gasteiger partial charge on any atom is 0.411 e. The third-order valence-electron chi connectivity index (χ3n) is 7.28. The Kier molecular flexibility index (Phi) is 8.39. The summed E-state index contributed by atoms with van der Waals surface area (Å²) in [5.41, 5.74) is 1.93. The molecule has 10 heteroatoms. The van der Waals surface area contributed by atoms with Gasteiger partial charge in [-0.25, -0.2) is 26.3 Å². The van der Waals surface area contributed by atoms with Gasteiger partial charge in [0.25, 0.3) is 0 Å². The van der Waals surface area contributed by atoms with E-state index in [1.807, 2.05) is 31.2 Å². The number of halogens is 2. The van der Waals surface area contributed by atoms with Crippen LogP contribution in [0.5, 0.6) is 0 Å². The number of hydrogen-bond acceptors (Lipinski definition) is 5. The van der Waals surface area contributed by atoms with E-state index in [2.05, 4.69) is 0 Å². The molecule has 1 fully saturated rings. The number of sulfonamides is 1. The number of aliphatic hydroxyl groups is 1. The molecule has 3 atom stereocenters. The molecule has 0 aromatic heterocycles. The lowest BCUT2D eigenvalue weighted by atomic mass is 9.83. The van der Waals surface area contributed by atoms with Gasteiger partial charge in [-0.1, -0.05) is 48.5 Å². The molecule has 1 N–H and O–H groups in total. The Balaban J connectivity index is 1.53. The van der Waals surface area contributed by atoms with Gasteiger partial charge in [-0.3, -0.25) is 0 Å². The first kappa shape index (κ1) is 28.7. The molecule has 39 heavy (non-hydrogen) atoms. The van der Waals surface area contributed by atoms with Crippen LogP contribution in [0.3, 0.4) is 0 Å². The van der Waals surface area contributed by atoms with Crippen LogP contribution in [0.4, 0.5) is 13.6 Å². The van der Waals surface area contributed by atoms with Gasteiger partial charge in [0, 0.05) is 33.0 Å². The Hall–Kier alpha value is -3.34. The summed E-state index contributed by atoms with van der Waals surface area (Å²) in [5.74, 6) is -0.757. The predicted molar refractivity (Wildman–Crippen MR) is 144 cm³/mol. The van der Waals surface area contributed by atoms with Crippen molar-refractivity contribution < 1.29 is 31.8 Å². The Morgan fingerprint density at radius 1 is 0.974 bits per heavy atom. The summed E-state index contributed by atoms with van der Waals surface area (Å²) in [7, 11) is -2.16. The molecule has 7 nitrogen and oxygen atoms in total. The van der Waals surface area contributed by atoms with Crippen LogP contribution in [0.15, 0.2) is 72.8 Å². The third-order valence-corrected chi connectivity index (χ3v) is 8.56. The number of amides is 1. The number of cyclic esters (lactones) is 1. The van der Waals surface area contributed by atoms with Crippen molar-refractivity contribution in [1.29, 1.82) is 0 Å². The van der Waals surface area contributed by atoms with Gasteiger partial charge in [0.1, 0.15) is 17.2 Å². The van der Waals surface area contributed by atoms with Crippen molar-refractivity contribution >= 4 is 16.1 Å². The van der Waals surface area contributed by atoms with Crippen LogP contribution in [0.25, 0.3) is 11.1 Å². The average Bonchev–Trinajstić information content (AvgIpc) is 2.88. The Labute approximate surface area is 227 Å². The average molecular weight is 559 g/mol. The molecule has 3 aromatic carbocycles. The first-order chi connectivity index (χ1) is 18.4. The lowest BCUT2D eigenvalue weighted by molar-refractivity contribution is -0.0847.